The molecule has 1 aromatic heterocycles. The van der Waals surface area contributed by atoms with Gasteiger partial charge in [-0.1, -0.05) is 30.0 Å². The van der Waals surface area contributed by atoms with Crippen LogP contribution in [0, 0.1) is 17.7 Å². The lowest BCUT2D eigenvalue weighted by Gasteiger charge is -1.99. The molecule has 3 rings (SSSR count). The van der Waals surface area contributed by atoms with Crippen LogP contribution in [0.1, 0.15) is 11.1 Å². The Kier molecular flexibility index (Phi) is 3.30. The molecule has 0 aliphatic heterocycles. The van der Waals surface area contributed by atoms with Crippen LogP contribution in [0.15, 0.2) is 67.0 Å². The van der Waals surface area contributed by atoms with Gasteiger partial charge in [-0.05, 0) is 36.4 Å². The third-order valence-electron chi connectivity index (χ3n) is 2.80. The molecule has 1 heterocycles. The predicted octanol–water partition coefficient (Wildman–Crippen LogP) is 3.41. The van der Waals surface area contributed by atoms with E-state index in [1.807, 2.05) is 36.5 Å². The van der Waals surface area contributed by atoms with Crippen LogP contribution < -0.4 is 0 Å². The van der Waals surface area contributed by atoms with Gasteiger partial charge in [0, 0.05) is 11.8 Å². The van der Waals surface area contributed by atoms with E-state index in [1.54, 1.807) is 23.0 Å². The van der Waals surface area contributed by atoms with Gasteiger partial charge in [0.1, 0.15) is 5.82 Å². The highest BCUT2D eigenvalue weighted by Crippen LogP contribution is 2.09. The number of halogens is 1. The van der Waals surface area contributed by atoms with Gasteiger partial charge in [0.2, 0.25) is 0 Å². The lowest BCUT2D eigenvalue weighted by Crippen LogP contribution is -1.93. The molecule has 3 heteroatoms. The van der Waals surface area contributed by atoms with E-state index in [0.717, 1.165) is 16.8 Å². The zero-order valence-electron chi connectivity index (χ0n) is 10.6. The summed E-state index contributed by atoms with van der Waals surface area (Å²) >= 11 is 0. The molecule has 0 radical (unpaired) electrons. The van der Waals surface area contributed by atoms with E-state index in [1.165, 1.54) is 12.1 Å². The van der Waals surface area contributed by atoms with Gasteiger partial charge < -0.3 is 0 Å². The van der Waals surface area contributed by atoms with E-state index in [0.29, 0.717) is 0 Å². The summed E-state index contributed by atoms with van der Waals surface area (Å²) in [6.45, 7) is 0. The summed E-state index contributed by atoms with van der Waals surface area (Å²) in [7, 11) is 0. The summed E-state index contributed by atoms with van der Waals surface area (Å²) in [5, 5.41) is 4.22. The first-order valence-corrected chi connectivity index (χ1v) is 6.19. The summed E-state index contributed by atoms with van der Waals surface area (Å²) in [4.78, 5) is 0. The summed E-state index contributed by atoms with van der Waals surface area (Å²) in [5.74, 6) is 5.87. The maximum atomic E-state index is 12.9. The number of hydrogen-bond donors (Lipinski definition) is 0. The van der Waals surface area contributed by atoms with Gasteiger partial charge in [0.25, 0.3) is 0 Å². The van der Waals surface area contributed by atoms with Gasteiger partial charge in [0.05, 0.1) is 17.4 Å². The zero-order valence-corrected chi connectivity index (χ0v) is 10.6. The lowest BCUT2D eigenvalue weighted by atomic mass is 10.2. The van der Waals surface area contributed by atoms with Crippen molar-refractivity contribution in [2.45, 2.75) is 0 Å². The molecule has 20 heavy (non-hydrogen) atoms. The quantitative estimate of drug-likeness (QED) is 0.614. The first-order chi connectivity index (χ1) is 9.81. The minimum atomic E-state index is -0.259. The Morgan fingerprint density at radius 3 is 2.30 bits per heavy atom. The minimum absolute atomic E-state index is 0.259. The Morgan fingerprint density at radius 1 is 0.850 bits per heavy atom. The molecule has 0 spiro atoms. The Labute approximate surface area is 116 Å². The SMILES string of the molecule is Fc1ccc(-n2cc(C#Cc3ccccc3)cn2)cc1. The molecule has 0 amide bonds. The molecule has 2 aromatic carbocycles. The van der Waals surface area contributed by atoms with Crippen LogP contribution in [-0.2, 0) is 0 Å². The third-order valence-corrected chi connectivity index (χ3v) is 2.80. The van der Waals surface area contributed by atoms with Crippen molar-refractivity contribution in [1.29, 1.82) is 0 Å². The zero-order chi connectivity index (χ0) is 13.8. The van der Waals surface area contributed by atoms with Crippen LogP contribution in [0.5, 0.6) is 0 Å². The minimum Gasteiger partial charge on any atom is -0.240 e. The number of benzene rings is 2. The monoisotopic (exact) mass is 262 g/mol. The van der Waals surface area contributed by atoms with Crippen molar-refractivity contribution >= 4 is 0 Å². The molecule has 0 fully saturated rings. The molecule has 0 unspecified atom stereocenters. The van der Waals surface area contributed by atoms with E-state index in [9.17, 15) is 4.39 Å². The molecule has 0 atom stereocenters. The lowest BCUT2D eigenvalue weighted by molar-refractivity contribution is 0.627. The Bertz CT molecular complexity index is 762. The number of rotatable bonds is 1. The van der Waals surface area contributed by atoms with Crippen LogP contribution in [-0.4, -0.2) is 9.78 Å². The second-order valence-corrected chi connectivity index (χ2v) is 4.27. The maximum Gasteiger partial charge on any atom is 0.123 e. The summed E-state index contributed by atoms with van der Waals surface area (Å²) in [5.41, 5.74) is 2.58. The molecular formula is C17H11FN2. The second kappa shape index (κ2) is 5.41. The van der Waals surface area contributed by atoms with Crippen LogP contribution in [0.3, 0.4) is 0 Å². The molecule has 0 aliphatic rings. The van der Waals surface area contributed by atoms with Crippen molar-refractivity contribution in [1.82, 2.24) is 9.78 Å². The van der Waals surface area contributed by atoms with Gasteiger partial charge in [0.15, 0.2) is 0 Å². The van der Waals surface area contributed by atoms with E-state index in [4.69, 9.17) is 0 Å². The van der Waals surface area contributed by atoms with Gasteiger partial charge in [-0.25, -0.2) is 9.07 Å². The van der Waals surface area contributed by atoms with Crippen LogP contribution in [0.2, 0.25) is 0 Å². The fraction of sp³-hybridized carbons (Fsp3) is 0. The second-order valence-electron chi connectivity index (χ2n) is 4.27. The normalized spacial score (nSPS) is 9.85. The Balaban J connectivity index is 1.84. The van der Waals surface area contributed by atoms with Crippen LogP contribution in [0.4, 0.5) is 4.39 Å². The first-order valence-electron chi connectivity index (χ1n) is 6.19. The summed E-state index contributed by atoms with van der Waals surface area (Å²) < 4.78 is 14.5. The number of nitrogens with zero attached hydrogens (tertiary/aromatic N) is 2. The van der Waals surface area contributed by atoms with E-state index in [-0.39, 0.29) is 5.82 Å². The third kappa shape index (κ3) is 2.76. The van der Waals surface area contributed by atoms with Gasteiger partial charge in [-0.2, -0.15) is 5.10 Å². The van der Waals surface area contributed by atoms with Gasteiger partial charge >= 0.3 is 0 Å². The van der Waals surface area contributed by atoms with Crippen molar-refractivity contribution in [3.63, 3.8) is 0 Å². The highest BCUT2D eigenvalue weighted by molar-refractivity contribution is 5.42. The fourth-order valence-electron chi connectivity index (χ4n) is 1.79. The highest BCUT2D eigenvalue weighted by Gasteiger charge is 1.99. The average Bonchev–Trinajstić information content (AvgIpc) is 2.96. The molecule has 0 aliphatic carbocycles. The standard InChI is InChI=1S/C17H11FN2/c18-16-8-10-17(11-9-16)20-13-15(12-19-20)7-6-14-4-2-1-3-5-14/h1-5,8-13H. The summed E-state index contributed by atoms with van der Waals surface area (Å²) in [6, 6.07) is 15.9. The molecule has 96 valence electrons. The maximum absolute atomic E-state index is 12.9. The van der Waals surface area contributed by atoms with Crippen molar-refractivity contribution in [3.05, 3.63) is 83.9 Å². The average molecular weight is 262 g/mol. The predicted molar refractivity (Wildman–Crippen MR) is 75.9 cm³/mol. The molecule has 0 bridgehead atoms. The molecule has 3 aromatic rings. The highest BCUT2D eigenvalue weighted by atomic mass is 19.1. The van der Waals surface area contributed by atoms with E-state index >= 15 is 0 Å². The van der Waals surface area contributed by atoms with Gasteiger partial charge in [-0.3, -0.25) is 0 Å². The Hall–Kier alpha value is -2.86. The van der Waals surface area contributed by atoms with Crippen LogP contribution in [0.25, 0.3) is 5.69 Å². The Morgan fingerprint density at radius 2 is 1.55 bits per heavy atom. The van der Waals surface area contributed by atoms with E-state index < -0.39 is 0 Å². The van der Waals surface area contributed by atoms with Gasteiger partial charge in [-0.15, -0.1) is 0 Å². The van der Waals surface area contributed by atoms with Crippen molar-refractivity contribution in [2.24, 2.45) is 0 Å². The molecule has 0 saturated carbocycles. The molecule has 0 saturated heterocycles. The van der Waals surface area contributed by atoms with E-state index in [2.05, 4.69) is 16.9 Å². The molecular weight excluding hydrogens is 251 g/mol. The molecule has 2 nitrogen and oxygen atoms in total. The topological polar surface area (TPSA) is 17.8 Å². The number of hydrogen-bond acceptors (Lipinski definition) is 1. The largest absolute Gasteiger partial charge is 0.240 e. The summed E-state index contributed by atoms with van der Waals surface area (Å²) in [6.07, 6.45) is 3.52. The smallest absolute Gasteiger partial charge is 0.123 e. The van der Waals surface area contributed by atoms with Crippen molar-refractivity contribution < 1.29 is 4.39 Å². The first kappa shape index (κ1) is 12.2. The van der Waals surface area contributed by atoms with Crippen molar-refractivity contribution in [3.8, 4) is 17.5 Å². The number of aromatic nitrogens is 2. The van der Waals surface area contributed by atoms with Crippen LogP contribution >= 0.6 is 0 Å². The molecule has 0 N–H and O–H groups in total. The van der Waals surface area contributed by atoms with Crippen molar-refractivity contribution in [2.75, 3.05) is 0 Å². The fourth-order valence-corrected chi connectivity index (χ4v) is 1.79.